The maximum absolute atomic E-state index is 12.3. The van der Waals surface area contributed by atoms with Gasteiger partial charge in [-0.15, -0.1) is 0 Å². The number of ether oxygens (including phenoxy) is 2. The number of hydrogen-bond acceptors (Lipinski definition) is 5. The Bertz CT molecular complexity index is 1230. The molecule has 1 amide bonds. The van der Waals surface area contributed by atoms with Crippen LogP contribution in [0.4, 0.5) is 5.69 Å². The van der Waals surface area contributed by atoms with Gasteiger partial charge in [0.1, 0.15) is 16.4 Å². The van der Waals surface area contributed by atoms with Gasteiger partial charge in [-0.3, -0.25) is 4.79 Å². The van der Waals surface area contributed by atoms with E-state index < -0.39 is 10.0 Å². The highest BCUT2D eigenvalue weighted by Gasteiger charge is 2.20. The van der Waals surface area contributed by atoms with Gasteiger partial charge in [0.05, 0.1) is 12.3 Å². The third-order valence-electron chi connectivity index (χ3n) is 4.20. The van der Waals surface area contributed by atoms with Gasteiger partial charge >= 0.3 is 0 Å². The quantitative estimate of drug-likeness (QED) is 0.526. The van der Waals surface area contributed by atoms with Gasteiger partial charge in [-0.1, -0.05) is 35.9 Å². The highest BCUT2D eigenvalue weighted by atomic mass is 35.5. The molecule has 0 saturated carbocycles. The van der Waals surface area contributed by atoms with E-state index in [-0.39, 0.29) is 16.6 Å². The van der Waals surface area contributed by atoms with E-state index in [2.05, 4.69) is 5.32 Å². The summed E-state index contributed by atoms with van der Waals surface area (Å²) >= 11 is 5.98. The first kappa shape index (κ1) is 22.6. The fourth-order valence-electron chi connectivity index (χ4n) is 2.99. The monoisotopic (exact) mass is 460 g/mol. The molecule has 3 aromatic carbocycles. The average molecular weight is 461 g/mol. The first-order valence-electron chi connectivity index (χ1n) is 9.33. The lowest BCUT2D eigenvalue weighted by Crippen LogP contribution is -2.13. The van der Waals surface area contributed by atoms with Gasteiger partial charge in [0.15, 0.2) is 5.75 Å². The van der Waals surface area contributed by atoms with Crippen LogP contribution in [0.5, 0.6) is 17.2 Å². The van der Waals surface area contributed by atoms with Crippen LogP contribution in [0.2, 0.25) is 5.02 Å². The molecule has 0 aliphatic carbocycles. The molecule has 3 rings (SSSR count). The number of sulfonamides is 1. The second-order valence-electron chi connectivity index (χ2n) is 6.56. The van der Waals surface area contributed by atoms with E-state index in [1.807, 2.05) is 6.92 Å². The van der Waals surface area contributed by atoms with Crippen LogP contribution in [0.3, 0.4) is 0 Å². The van der Waals surface area contributed by atoms with Crippen molar-refractivity contribution in [2.24, 2.45) is 5.14 Å². The van der Waals surface area contributed by atoms with Gasteiger partial charge in [-0.05, 0) is 48.9 Å². The zero-order valence-electron chi connectivity index (χ0n) is 16.9. The Kier molecular flexibility index (Phi) is 6.84. The van der Waals surface area contributed by atoms with Gasteiger partial charge < -0.3 is 14.8 Å². The summed E-state index contributed by atoms with van der Waals surface area (Å²) in [4.78, 5) is 11.4. The highest BCUT2D eigenvalue weighted by molar-refractivity contribution is 7.89. The van der Waals surface area contributed by atoms with Crippen molar-refractivity contribution in [1.29, 1.82) is 0 Å². The summed E-state index contributed by atoms with van der Waals surface area (Å²) in [6.07, 6.45) is 0. The molecule has 7 nitrogen and oxygen atoms in total. The van der Waals surface area contributed by atoms with E-state index in [1.54, 1.807) is 48.5 Å². The van der Waals surface area contributed by atoms with Crippen molar-refractivity contribution in [3.63, 3.8) is 0 Å². The van der Waals surface area contributed by atoms with Gasteiger partial charge in [0.25, 0.3) is 0 Å². The maximum atomic E-state index is 12.3. The molecule has 0 heterocycles. The molecule has 0 aromatic heterocycles. The second-order valence-corrected chi connectivity index (χ2v) is 8.53. The number of carbonyl (C=O) groups is 1. The lowest BCUT2D eigenvalue weighted by atomic mass is 10.0. The lowest BCUT2D eigenvalue weighted by Gasteiger charge is -2.17. The molecular weight excluding hydrogens is 440 g/mol. The molecule has 31 heavy (non-hydrogen) atoms. The van der Waals surface area contributed by atoms with Gasteiger partial charge in [-0.25, -0.2) is 13.6 Å². The highest BCUT2D eigenvalue weighted by Crippen LogP contribution is 2.40. The molecule has 0 spiro atoms. The van der Waals surface area contributed by atoms with Crippen molar-refractivity contribution in [2.75, 3.05) is 11.9 Å². The molecule has 9 heteroatoms. The number of anilines is 1. The van der Waals surface area contributed by atoms with Crippen LogP contribution in [0.25, 0.3) is 11.1 Å². The topological polar surface area (TPSA) is 108 Å². The Morgan fingerprint density at radius 3 is 2.48 bits per heavy atom. The molecular formula is C22H21ClN2O5S. The normalized spacial score (nSPS) is 11.1. The van der Waals surface area contributed by atoms with E-state index in [0.29, 0.717) is 39.9 Å². The van der Waals surface area contributed by atoms with Crippen molar-refractivity contribution >= 4 is 33.2 Å². The molecule has 3 N–H and O–H groups in total. The van der Waals surface area contributed by atoms with Crippen molar-refractivity contribution in [2.45, 2.75) is 18.7 Å². The summed E-state index contributed by atoms with van der Waals surface area (Å²) in [5, 5.41) is 8.62. The number of hydrogen-bond donors (Lipinski definition) is 2. The smallest absolute Gasteiger partial charge is 0.241 e. The van der Waals surface area contributed by atoms with E-state index in [0.717, 1.165) is 0 Å². The third-order valence-corrected chi connectivity index (χ3v) is 5.37. The first-order chi connectivity index (χ1) is 14.7. The number of rotatable bonds is 7. The fourth-order valence-corrected chi connectivity index (χ4v) is 3.85. The van der Waals surface area contributed by atoms with Crippen molar-refractivity contribution in [3.05, 3.63) is 65.7 Å². The summed E-state index contributed by atoms with van der Waals surface area (Å²) in [6, 6.07) is 16.4. The van der Waals surface area contributed by atoms with Crippen LogP contribution >= 0.6 is 11.6 Å². The lowest BCUT2D eigenvalue weighted by molar-refractivity contribution is -0.114. The molecule has 0 fully saturated rings. The Labute approximate surface area is 185 Å². The maximum Gasteiger partial charge on any atom is 0.241 e. The SMILES string of the molecule is CCOc1c(NC(C)=O)cccc1-c1ccc(Oc2cccc(Cl)c2)c(S(N)(=O)=O)c1. The van der Waals surface area contributed by atoms with Crippen molar-refractivity contribution < 1.29 is 22.7 Å². The molecule has 0 bridgehead atoms. The van der Waals surface area contributed by atoms with Crippen LogP contribution in [-0.2, 0) is 14.8 Å². The van der Waals surface area contributed by atoms with Crippen LogP contribution in [-0.4, -0.2) is 20.9 Å². The van der Waals surface area contributed by atoms with Crippen LogP contribution in [0.15, 0.2) is 65.6 Å². The zero-order chi connectivity index (χ0) is 22.6. The predicted molar refractivity (Wildman–Crippen MR) is 120 cm³/mol. The number of primary sulfonamides is 1. The first-order valence-corrected chi connectivity index (χ1v) is 11.3. The van der Waals surface area contributed by atoms with E-state index in [4.69, 9.17) is 26.2 Å². The molecule has 0 aliphatic rings. The summed E-state index contributed by atoms with van der Waals surface area (Å²) < 4.78 is 36.1. The molecule has 0 unspecified atom stereocenters. The van der Waals surface area contributed by atoms with Gasteiger partial charge in [0.2, 0.25) is 15.9 Å². The Morgan fingerprint density at radius 1 is 1.10 bits per heavy atom. The number of amides is 1. The number of carbonyl (C=O) groups excluding carboxylic acids is 1. The Morgan fingerprint density at radius 2 is 1.84 bits per heavy atom. The summed E-state index contributed by atoms with van der Waals surface area (Å²) in [7, 11) is -4.12. The van der Waals surface area contributed by atoms with Gasteiger partial charge in [-0.2, -0.15) is 0 Å². The number of nitrogens with two attached hydrogens (primary N) is 1. The van der Waals surface area contributed by atoms with Gasteiger partial charge in [0, 0.05) is 17.5 Å². The number of para-hydroxylation sites is 1. The Balaban J connectivity index is 2.12. The van der Waals surface area contributed by atoms with Crippen LogP contribution < -0.4 is 19.9 Å². The fraction of sp³-hybridized carbons (Fsp3) is 0.136. The Hall–Kier alpha value is -3.07. The molecule has 0 atom stereocenters. The van der Waals surface area contributed by atoms with Crippen LogP contribution in [0.1, 0.15) is 13.8 Å². The standard InChI is InChI=1S/C22H21ClN2O5S/c1-3-29-22-18(8-5-9-19(22)25-14(2)26)15-10-11-20(21(12-15)31(24,27)28)30-17-7-4-6-16(23)13-17/h4-13H,3H2,1-2H3,(H,25,26)(H2,24,27,28). The van der Waals surface area contributed by atoms with E-state index in [9.17, 15) is 13.2 Å². The third kappa shape index (κ3) is 5.55. The number of benzene rings is 3. The summed E-state index contributed by atoms with van der Waals surface area (Å²) in [6.45, 7) is 3.55. The minimum Gasteiger partial charge on any atom is -0.491 e. The molecule has 0 radical (unpaired) electrons. The largest absolute Gasteiger partial charge is 0.491 e. The average Bonchev–Trinajstić information content (AvgIpc) is 2.69. The van der Waals surface area contributed by atoms with E-state index >= 15 is 0 Å². The molecule has 162 valence electrons. The zero-order valence-corrected chi connectivity index (χ0v) is 18.5. The molecule has 0 saturated heterocycles. The molecule has 3 aromatic rings. The second kappa shape index (κ2) is 9.38. The van der Waals surface area contributed by atoms with Crippen LogP contribution in [0, 0.1) is 0 Å². The minimum absolute atomic E-state index is 0.0597. The minimum atomic E-state index is -4.12. The summed E-state index contributed by atoms with van der Waals surface area (Å²) in [5.74, 6) is 0.593. The molecule has 0 aliphatic heterocycles. The van der Waals surface area contributed by atoms with Crippen molar-refractivity contribution in [3.8, 4) is 28.4 Å². The summed E-state index contributed by atoms with van der Waals surface area (Å²) in [5.41, 5.74) is 1.59. The predicted octanol–water partition coefficient (Wildman–Crippen LogP) is 4.80. The van der Waals surface area contributed by atoms with Crippen molar-refractivity contribution in [1.82, 2.24) is 0 Å². The number of halogens is 1. The number of nitrogens with one attached hydrogen (secondary N) is 1. The van der Waals surface area contributed by atoms with E-state index in [1.165, 1.54) is 19.1 Å².